The summed E-state index contributed by atoms with van der Waals surface area (Å²) in [6, 6.07) is 9.31. The minimum Gasteiger partial charge on any atom is -0.496 e. The van der Waals surface area contributed by atoms with Crippen LogP contribution in [0.2, 0.25) is 0 Å². The lowest BCUT2D eigenvalue weighted by molar-refractivity contribution is 0.0789. The highest BCUT2D eigenvalue weighted by Crippen LogP contribution is 2.25. The van der Waals surface area contributed by atoms with Gasteiger partial charge in [0.1, 0.15) is 5.75 Å². The molecule has 0 spiro atoms. The lowest BCUT2D eigenvalue weighted by Crippen LogP contribution is -2.25. The van der Waals surface area contributed by atoms with E-state index in [4.69, 9.17) is 4.74 Å². The smallest absolute Gasteiger partial charge is 0.263 e. The Bertz CT molecular complexity index is 881. The van der Waals surface area contributed by atoms with Crippen molar-refractivity contribution in [1.82, 2.24) is 9.62 Å². The summed E-state index contributed by atoms with van der Waals surface area (Å²) in [6.45, 7) is 0.738. The number of carbonyl (C=O) groups excluding carboxylic acids is 1. The second-order valence-electron chi connectivity index (χ2n) is 5.80. The number of benzene rings is 1. The quantitative estimate of drug-likeness (QED) is 0.656. The number of methoxy groups -OCH3 is 1. The summed E-state index contributed by atoms with van der Waals surface area (Å²) in [7, 11) is 0.147. The topological polar surface area (TPSA) is 75.7 Å². The molecule has 0 saturated heterocycles. The van der Waals surface area contributed by atoms with Crippen molar-refractivity contribution in [3.63, 3.8) is 0 Å². The first-order valence-corrected chi connectivity index (χ1v) is 11.3. The Kier molecular flexibility index (Phi) is 7.22. The fourth-order valence-electron chi connectivity index (χ4n) is 2.37. The number of carbonyl (C=O) groups is 1. The molecule has 0 aliphatic rings. The highest BCUT2D eigenvalue weighted by Gasteiger charge is 2.16. The summed E-state index contributed by atoms with van der Waals surface area (Å²) in [5, 5.41) is 0. The van der Waals surface area contributed by atoms with Crippen LogP contribution in [0.4, 0.5) is 0 Å². The van der Waals surface area contributed by atoms with Crippen molar-refractivity contribution in [3.8, 4) is 5.75 Å². The van der Waals surface area contributed by atoms with E-state index < -0.39 is 10.0 Å². The Hall–Kier alpha value is -1.42. The molecule has 142 valence electrons. The van der Waals surface area contributed by atoms with Gasteiger partial charge in [-0.3, -0.25) is 4.79 Å². The van der Waals surface area contributed by atoms with Crippen LogP contribution in [0.25, 0.3) is 0 Å². The Morgan fingerprint density at radius 3 is 2.69 bits per heavy atom. The summed E-state index contributed by atoms with van der Waals surface area (Å²) in [5.74, 6) is 0.644. The number of thiophene rings is 1. The lowest BCUT2D eigenvalue weighted by Gasteiger charge is -2.18. The first-order chi connectivity index (χ1) is 12.2. The van der Waals surface area contributed by atoms with Gasteiger partial charge in [0.15, 0.2) is 0 Å². The summed E-state index contributed by atoms with van der Waals surface area (Å²) in [4.78, 5) is 15.9. The van der Waals surface area contributed by atoms with Gasteiger partial charge in [0.25, 0.3) is 5.91 Å². The molecule has 2 aromatic rings. The molecule has 0 aliphatic carbocycles. The zero-order valence-electron chi connectivity index (χ0n) is 14.8. The Morgan fingerprint density at radius 1 is 1.31 bits per heavy atom. The van der Waals surface area contributed by atoms with E-state index in [0.717, 1.165) is 26.9 Å². The molecule has 0 atom stereocenters. The van der Waals surface area contributed by atoms with Crippen molar-refractivity contribution in [2.45, 2.75) is 13.0 Å². The third kappa shape index (κ3) is 6.08. The van der Waals surface area contributed by atoms with Crippen molar-refractivity contribution in [1.29, 1.82) is 0 Å². The van der Waals surface area contributed by atoms with Gasteiger partial charge in [-0.05, 0) is 36.8 Å². The van der Waals surface area contributed by atoms with Gasteiger partial charge in [-0.1, -0.05) is 15.9 Å². The molecule has 1 amide bonds. The molecule has 1 aromatic heterocycles. The second kappa shape index (κ2) is 8.98. The van der Waals surface area contributed by atoms with Crippen LogP contribution in [0.1, 0.15) is 20.1 Å². The molecule has 0 unspecified atom stereocenters. The van der Waals surface area contributed by atoms with Crippen molar-refractivity contribution < 1.29 is 17.9 Å². The molecule has 6 nitrogen and oxygen atoms in total. The number of amides is 1. The normalized spacial score (nSPS) is 11.4. The zero-order valence-corrected chi connectivity index (χ0v) is 18.0. The van der Waals surface area contributed by atoms with Gasteiger partial charge in [0, 0.05) is 35.1 Å². The zero-order chi connectivity index (χ0) is 19.3. The standard InChI is InChI=1S/C17H21BrN2O4S2/c1-20(11-12-10-13(18)4-6-15(12)24-2)17(21)16-7-5-14(25-16)8-9-19-26(3,22)23/h4-7,10,19H,8-9,11H2,1-3H3. The van der Waals surface area contributed by atoms with E-state index in [0.29, 0.717) is 24.4 Å². The summed E-state index contributed by atoms with van der Waals surface area (Å²) < 4.78 is 30.9. The minimum atomic E-state index is -3.20. The average Bonchev–Trinajstić information content (AvgIpc) is 3.02. The molecule has 0 fully saturated rings. The number of hydrogen-bond donors (Lipinski definition) is 1. The molecule has 26 heavy (non-hydrogen) atoms. The molecule has 0 bridgehead atoms. The number of hydrogen-bond acceptors (Lipinski definition) is 5. The molecule has 2 rings (SSSR count). The first-order valence-electron chi connectivity index (χ1n) is 7.81. The van der Waals surface area contributed by atoms with Crippen LogP contribution in [-0.4, -0.2) is 46.2 Å². The maximum Gasteiger partial charge on any atom is 0.263 e. The van der Waals surface area contributed by atoms with Crippen LogP contribution in [0.3, 0.4) is 0 Å². The molecule has 0 saturated carbocycles. The fraction of sp³-hybridized carbons (Fsp3) is 0.353. The highest BCUT2D eigenvalue weighted by molar-refractivity contribution is 9.10. The maximum atomic E-state index is 12.7. The van der Waals surface area contributed by atoms with E-state index in [-0.39, 0.29) is 5.91 Å². The van der Waals surface area contributed by atoms with Crippen molar-refractivity contribution in [2.24, 2.45) is 0 Å². The monoisotopic (exact) mass is 460 g/mol. The number of nitrogens with one attached hydrogen (secondary N) is 1. The average molecular weight is 461 g/mol. The largest absolute Gasteiger partial charge is 0.496 e. The van der Waals surface area contributed by atoms with Crippen LogP contribution in [0.5, 0.6) is 5.75 Å². The van der Waals surface area contributed by atoms with E-state index in [9.17, 15) is 13.2 Å². The van der Waals surface area contributed by atoms with Crippen molar-refractivity contribution >= 4 is 43.2 Å². The van der Waals surface area contributed by atoms with Crippen LogP contribution in [-0.2, 0) is 23.0 Å². The van der Waals surface area contributed by atoms with Crippen LogP contribution in [0.15, 0.2) is 34.8 Å². The fourth-order valence-corrected chi connectivity index (χ4v) is 4.26. The second-order valence-corrected chi connectivity index (χ2v) is 9.72. The molecule has 1 heterocycles. The predicted molar refractivity (Wildman–Crippen MR) is 107 cm³/mol. The summed E-state index contributed by atoms with van der Waals surface area (Å²) >= 11 is 4.81. The molecule has 1 N–H and O–H groups in total. The molecule has 0 aliphatic heterocycles. The van der Waals surface area contributed by atoms with E-state index in [1.807, 2.05) is 24.3 Å². The molecule has 0 radical (unpaired) electrons. The van der Waals surface area contributed by atoms with Crippen LogP contribution in [0, 0.1) is 0 Å². The highest BCUT2D eigenvalue weighted by atomic mass is 79.9. The third-order valence-corrected chi connectivity index (χ3v) is 5.96. The van der Waals surface area contributed by atoms with Gasteiger partial charge in [0.2, 0.25) is 10.0 Å². The van der Waals surface area contributed by atoms with Crippen LogP contribution < -0.4 is 9.46 Å². The number of rotatable bonds is 8. The van der Waals surface area contributed by atoms with E-state index in [1.165, 1.54) is 11.3 Å². The van der Waals surface area contributed by atoms with Gasteiger partial charge >= 0.3 is 0 Å². The predicted octanol–water partition coefficient (Wildman–Crippen LogP) is 2.88. The van der Waals surface area contributed by atoms with E-state index in [1.54, 1.807) is 25.1 Å². The molecule has 1 aromatic carbocycles. The number of ether oxygens (including phenoxy) is 1. The van der Waals surface area contributed by atoms with Gasteiger partial charge < -0.3 is 9.64 Å². The number of halogens is 1. The SMILES string of the molecule is COc1ccc(Br)cc1CN(C)C(=O)c1ccc(CCNS(C)(=O)=O)s1. The maximum absolute atomic E-state index is 12.7. The summed E-state index contributed by atoms with van der Waals surface area (Å²) in [5.41, 5.74) is 0.909. The van der Waals surface area contributed by atoms with Crippen LogP contribution >= 0.6 is 27.3 Å². The summed E-state index contributed by atoms with van der Waals surface area (Å²) in [6.07, 6.45) is 1.68. The van der Waals surface area contributed by atoms with Gasteiger partial charge in [-0.15, -0.1) is 11.3 Å². The molecule has 9 heteroatoms. The van der Waals surface area contributed by atoms with Gasteiger partial charge in [-0.25, -0.2) is 13.1 Å². The Labute approximate surface area is 166 Å². The van der Waals surface area contributed by atoms with Gasteiger partial charge in [-0.2, -0.15) is 0 Å². The minimum absolute atomic E-state index is 0.0839. The van der Waals surface area contributed by atoms with Crippen molar-refractivity contribution in [2.75, 3.05) is 27.0 Å². The van der Waals surface area contributed by atoms with Crippen molar-refractivity contribution in [3.05, 3.63) is 50.1 Å². The Morgan fingerprint density at radius 2 is 2.04 bits per heavy atom. The third-order valence-electron chi connectivity index (χ3n) is 3.60. The molecular formula is C17H21BrN2O4S2. The van der Waals surface area contributed by atoms with Gasteiger partial charge in [0.05, 0.1) is 18.2 Å². The number of sulfonamides is 1. The Balaban J connectivity index is 2.01. The van der Waals surface area contributed by atoms with E-state index in [2.05, 4.69) is 20.7 Å². The van der Waals surface area contributed by atoms with E-state index >= 15 is 0 Å². The number of nitrogens with zero attached hydrogens (tertiary/aromatic N) is 1. The first kappa shape index (κ1) is 20.9. The molecular weight excluding hydrogens is 440 g/mol. The lowest BCUT2D eigenvalue weighted by atomic mass is 10.2.